The largest absolute Gasteiger partial charge is 0.323 e. The number of nitrogens with zero attached hydrogens (tertiary/aromatic N) is 3. The van der Waals surface area contributed by atoms with Gasteiger partial charge in [-0.3, -0.25) is 9.48 Å². The monoisotopic (exact) mass is 306 g/mol. The summed E-state index contributed by atoms with van der Waals surface area (Å²) >= 11 is 1.61. The van der Waals surface area contributed by atoms with Crippen molar-refractivity contribution in [2.24, 2.45) is 0 Å². The van der Waals surface area contributed by atoms with Gasteiger partial charge < -0.3 is 5.32 Å². The molecule has 2 aromatic heterocycles. The van der Waals surface area contributed by atoms with Crippen molar-refractivity contribution >= 4 is 22.9 Å². The predicted octanol–water partition coefficient (Wildman–Crippen LogP) is 3.25. The summed E-state index contributed by atoms with van der Waals surface area (Å²) in [5, 5.41) is 7.47. The van der Waals surface area contributed by atoms with Crippen LogP contribution in [0.4, 0.5) is 5.69 Å². The number of aromatic nitrogens is 3. The van der Waals surface area contributed by atoms with Crippen molar-refractivity contribution in [1.29, 1.82) is 0 Å². The number of carbonyl (C=O) groups is 1. The van der Waals surface area contributed by atoms with Gasteiger partial charge in [0.15, 0.2) is 0 Å². The highest BCUT2D eigenvalue weighted by Gasteiger charge is 2.14. The first-order valence-electron chi connectivity index (χ1n) is 7.25. The first-order valence-corrected chi connectivity index (χ1v) is 8.13. The number of hydrogen-bond acceptors (Lipinski definition) is 4. The Labute approximate surface area is 129 Å². The van der Waals surface area contributed by atoms with E-state index in [2.05, 4.69) is 22.3 Å². The molecule has 0 aliphatic heterocycles. The topological polar surface area (TPSA) is 59.8 Å². The number of rotatable bonds is 6. The summed E-state index contributed by atoms with van der Waals surface area (Å²) in [7, 11) is 0. The summed E-state index contributed by atoms with van der Waals surface area (Å²) in [6.45, 7) is 8.91. The molecular formula is C15H22N4OS. The second kappa shape index (κ2) is 6.85. The van der Waals surface area contributed by atoms with Crippen molar-refractivity contribution in [2.75, 3.05) is 5.32 Å². The van der Waals surface area contributed by atoms with E-state index in [4.69, 9.17) is 0 Å². The number of aryl methyl sites for hydroxylation is 4. The Morgan fingerprint density at radius 1 is 1.33 bits per heavy atom. The molecule has 1 N–H and O–H groups in total. The van der Waals surface area contributed by atoms with Gasteiger partial charge in [-0.05, 0) is 33.6 Å². The number of amides is 1. The van der Waals surface area contributed by atoms with E-state index in [-0.39, 0.29) is 5.91 Å². The van der Waals surface area contributed by atoms with Crippen molar-refractivity contribution in [2.45, 2.75) is 53.5 Å². The molecule has 0 aliphatic carbocycles. The van der Waals surface area contributed by atoms with Crippen molar-refractivity contribution in [3.8, 4) is 0 Å². The third kappa shape index (κ3) is 3.69. The zero-order valence-electron chi connectivity index (χ0n) is 13.1. The van der Waals surface area contributed by atoms with E-state index in [1.165, 1.54) is 4.88 Å². The number of hydrogen-bond donors (Lipinski definition) is 1. The molecular weight excluding hydrogens is 284 g/mol. The maximum atomic E-state index is 12.1. The SMILES string of the molecule is CCCn1nc(C)c(NC(=O)CCc2scnc2C)c1C. The van der Waals surface area contributed by atoms with E-state index in [0.717, 1.165) is 42.2 Å². The van der Waals surface area contributed by atoms with Gasteiger partial charge >= 0.3 is 0 Å². The van der Waals surface area contributed by atoms with E-state index in [1.54, 1.807) is 11.3 Å². The van der Waals surface area contributed by atoms with Crippen LogP contribution in [0.1, 0.15) is 41.7 Å². The highest BCUT2D eigenvalue weighted by atomic mass is 32.1. The second-order valence-corrected chi connectivity index (χ2v) is 6.12. The van der Waals surface area contributed by atoms with Gasteiger partial charge in [-0.1, -0.05) is 6.92 Å². The van der Waals surface area contributed by atoms with Gasteiger partial charge in [0.25, 0.3) is 0 Å². The average Bonchev–Trinajstić information content (AvgIpc) is 2.96. The molecule has 0 radical (unpaired) electrons. The highest BCUT2D eigenvalue weighted by Crippen LogP contribution is 2.20. The Hall–Kier alpha value is -1.69. The summed E-state index contributed by atoms with van der Waals surface area (Å²) in [6.07, 6.45) is 2.24. The van der Waals surface area contributed by atoms with Crippen LogP contribution < -0.4 is 5.32 Å². The van der Waals surface area contributed by atoms with E-state index in [0.29, 0.717) is 6.42 Å². The van der Waals surface area contributed by atoms with Crippen molar-refractivity contribution < 1.29 is 4.79 Å². The van der Waals surface area contributed by atoms with Crippen molar-refractivity contribution in [3.63, 3.8) is 0 Å². The molecule has 0 aliphatic rings. The lowest BCUT2D eigenvalue weighted by molar-refractivity contribution is -0.116. The average molecular weight is 306 g/mol. The van der Waals surface area contributed by atoms with Gasteiger partial charge in [0.1, 0.15) is 0 Å². The van der Waals surface area contributed by atoms with Crippen LogP contribution in [-0.2, 0) is 17.8 Å². The summed E-state index contributed by atoms with van der Waals surface area (Å²) in [6, 6.07) is 0. The molecule has 6 heteroatoms. The lowest BCUT2D eigenvalue weighted by Gasteiger charge is -2.06. The van der Waals surface area contributed by atoms with Crippen LogP contribution >= 0.6 is 11.3 Å². The Morgan fingerprint density at radius 3 is 2.71 bits per heavy atom. The quantitative estimate of drug-likeness (QED) is 0.891. The molecule has 0 saturated carbocycles. The summed E-state index contributed by atoms with van der Waals surface area (Å²) in [5.41, 5.74) is 5.61. The molecule has 0 saturated heterocycles. The van der Waals surface area contributed by atoms with Gasteiger partial charge in [0, 0.05) is 17.8 Å². The Kier molecular flexibility index (Phi) is 5.12. The van der Waals surface area contributed by atoms with Gasteiger partial charge in [-0.25, -0.2) is 4.98 Å². The van der Waals surface area contributed by atoms with Gasteiger partial charge in [0.2, 0.25) is 5.91 Å². The number of carbonyl (C=O) groups excluding carboxylic acids is 1. The van der Waals surface area contributed by atoms with Crippen molar-refractivity contribution in [3.05, 3.63) is 27.5 Å². The lowest BCUT2D eigenvalue weighted by atomic mass is 10.2. The molecule has 21 heavy (non-hydrogen) atoms. The highest BCUT2D eigenvalue weighted by molar-refractivity contribution is 7.09. The standard InChI is InChI=1S/C15H22N4OS/c1-5-8-19-12(4)15(11(3)18-19)17-14(20)7-6-13-10(2)16-9-21-13/h9H,5-8H2,1-4H3,(H,17,20). The molecule has 0 spiro atoms. The van der Waals surface area contributed by atoms with Crippen LogP contribution in [0.3, 0.4) is 0 Å². The Bertz CT molecular complexity index is 630. The molecule has 0 aromatic carbocycles. The van der Waals surface area contributed by atoms with E-state index < -0.39 is 0 Å². The fourth-order valence-corrected chi connectivity index (χ4v) is 3.08. The van der Waals surface area contributed by atoms with Crippen LogP contribution in [0.2, 0.25) is 0 Å². The minimum atomic E-state index is 0.0325. The number of anilines is 1. The Balaban J connectivity index is 1.98. The minimum Gasteiger partial charge on any atom is -0.323 e. The maximum absolute atomic E-state index is 12.1. The fraction of sp³-hybridized carbons (Fsp3) is 0.533. The van der Waals surface area contributed by atoms with Gasteiger partial charge in [-0.15, -0.1) is 11.3 Å². The number of thiazole rings is 1. The van der Waals surface area contributed by atoms with E-state index in [1.807, 2.05) is 31.0 Å². The summed E-state index contributed by atoms with van der Waals surface area (Å²) < 4.78 is 1.96. The van der Waals surface area contributed by atoms with Gasteiger partial charge in [0.05, 0.1) is 28.3 Å². The summed E-state index contributed by atoms with van der Waals surface area (Å²) in [4.78, 5) is 17.5. The molecule has 1 amide bonds. The molecule has 0 bridgehead atoms. The third-order valence-corrected chi connectivity index (χ3v) is 4.50. The molecule has 0 atom stereocenters. The lowest BCUT2D eigenvalue weighted by Crippen LogP contribution is -2.13. The van der Waals surface area contributed by atoms with Crippen molar-refractivity contribution in [1.82, 2.24) is 14.8 Å². The van der Waals surface area contributed by atoms with Crippen LogP contribution in [0.25, 0.3) is 0 Å². The van der Waals surface area contributed by atoms with Crippen LogP contribution in [0.5, 0.6) is 0 Å². The molecule has 0 unspecified atom stereocenters. The first kappa shape index (κ1) is 15.7. The van der Waals surface area contributed by atoms with Crippen LogP contribution in [-0.4, -0.2) is 20.7 Å². The van der Waals surface area contributed by atoms with Gasteiger partial charge in [-0.2, -0.15) is 5.10 Å². The molecule has 114 valence electrons. The summed E-state index contributed by atoms with van der Waals surface area (Å²) in [5.74, 6) is 0.0325. The second-order valence-electron chi connectivity index (χ2n) is 5.18. The first-order chi connectivity index (χ1) is 10.0. The minimum absolute atomic E-state index is 0.0325. The molecule has 2 rings (SSSR count). The predicted molar refractivity (Wildman–Crippen MR) is 85.8 cm³/mol. The van der Waals surface area contributed by atoms with E-state index in [9.17, 15) is 4.79 Å². The molecule has 0 fully saturated rings. The molecule has 2 aromatic rings. The molecule has 5 nitrogen and oxygen atoms in total. The van der Waals surface area contributed by atoms with Crippen LogP contribution in [0.15, 0.2) is 5.51 Å². The Morgan fingerprint density at radius 2 is 2.10 bits per heavy atom. The molecule has 2 heterocycles. The van der Waals surface area contributed by atoms with E-state index >= 15 is 0 Å². The zero-order valence-corrected chi connectivity index (χ0v) is 13.9. The normalized spacial score (nSPS) is 10.9. The maximum Gasteiger partial charge on any atom is 0.224 e. The number of nitrogens with one attached hydrogen (secondary N) is 1. The zero-order chi connectivity index (χ0) is 15.4. The smallest absolute Gasteiger partial charge is 0.224 e. The fourth-order valence-electron chi connectivity index (χ4n) is 2.30. The van der Waals surface area contributed by atoms with Crippen LogP contribution in [0, 0.1) is 20.8 Å². The third-order valence-electron chi connectivity index (χ3n) is 3.51.